The second kappa shape index (κ2) is 9.79. The van der Waals surface area contributed by atoms with Crippen LogP contribution in [0.2, 0.25) is 5.02 Å². The van der Waals surface area contributed by atoms with Crippen LogP contribution >= 0.6 is 11.6 Å². The highest BCUT2D eigenvalue weighted by Gasteiger charge is 2.28. The third-order valence-electron chi connectivity index (χ3n) is 4.42. The van der Waals surface area contributed by atoms with Crippen molar-refractivity contribution in [2.24, 2.45) is 0 Å². The fraction of sp³-hybridized carbons (Fsp3) is 0.391. The Morgan fingerprint density at radius 3 is 2.31 bits per heavy atom. The van der Waals surface area contributed by atoms with Crippen LogP contribution in [-0.4, -0.2) is 35.4 Å². The Bertz CT molecular complexity index is 844. The van der Waals surface area contributed by atoms with E-state index in [0.717, 1.165) is 16.9 Å². The number of nitrogens with one attached hydrogen (secondary N) is 1. The van der Waals surface area contributed by atoms with Crippen LogP contribution in [0.25, 0.3) is 0 Å². The van der Waals surface area contributed by atoms with Crippen LogP contribution in [0, 0.1) is 0 Å². The Labute approximate surface area is 178 Å². The monoisotopic (exact) mass is 416 g/mol. The molecule has 2 aromatic carbocycles. The van der Waals surface area contributed by atoms with E-state index in [0.29, 0.717) is 11.6 Å². The molecule has 0 aliphatic carbocycles. The second-order valence-electron chi connectivity index (χ2n) is 8.09. The number of halogens is 1. The highest BCUT2D eigenvalue weighted by molar-refractivity contribution is 6.30. The molecule has 29 heavy (non-hydrogen) atoms. The first-order valence-corrected chi connectivity index (χ1v) is 9.96. The molecule has 0 unspecified atom stereocenters. The van der Waals surface area contributed by atoms with Crippen molar-refractivity contribution in [3.8, 4) is 5.75 Å². The number of benzene rings is 2. The summed E-state index contributed by atoms with van der Waals surface area (Å²) >= 11 is 6.10. The van der Waals surface area contributed by atoms with Gasteiger partial charge in [0.1, 0.15) is 11.8 Å². The Balaban J connectivity index is 2.24. The fourth-order valence-corrected chi connectivity index (χ4v) is 3.12. The zero-order valence-corrected chi connectivity index (χ0v) is 18.4. The van der Waals surface area contributed by atoms with E-state index in [1.165, 1.54) is 0 Å². The molecule has 2 amide bonds. The third-order valence-corrected chi connectivity index (χ3v) is 4.66. The number of rotatable bonds is 7. The summed E-state index contributed by atoms with van der Waals surface area (Å²) in [4.78, 5) is 27.5. The van der Waals surface area contributed by atoms with Gasteiger partial charge in [-0.3, -0.25) is 9.59 Å². The number of ether oxygens (including phenoxy) is 1. The maximum absolute atomic E-state index is 13.1. The molecule has 0 fully saturated rings. The average molecular weight is 417 g/mol. The van der Waals surface area contributed by atoms with Gasteiger partial charge in [0.05, 0.1) is 13.5 Å². The minimum Gasteiger partial charge on any atom is -0.497 e. The van der Waals surface area contributed by atoms with Gasteiger partial charge in [-0.1, -0.05) is 35.9 Å². The first-order chi connectivity index (χ1) is 13.6. The number of amides is 2. The van der Waals surface area contributed by atoms with Crippen LogP contribution in [-0.2, 0) is 22.6 Å². The van der Waals surface area contributed by atoms with E-state index in [2.05, 4.69) is 5.32 Å². The van der Waals surface area contributed by atoms with Crippen LogP contribution in [0.5, 0.6) is 5.75 Å². The predicted octanol–water partition coefficient (Wildman–Crippen LogP) is 4.22. The molecular formula is C23H29ClN2O3. The van der Waals surface area contributed by atoms with E-state index in [9.17, 15) is 9.59 Å². The molecule has 0 radical (unpaired) electrons. The number of hydrogen-bond acceptors (Lipinski definition) is 3. The van der Waals surface area contributed by atoms with Crippen LogP contribution in [0.3, 0.4) is 0 Å². The lowest BCUT2D eigenvalue weighted by Crippen LogP contribution is -2.52. The lowest BCUT2D eigenvalue weighted by Gasteiger charge is -2.31. The summed E-state index contributed by atoms with van der Waals surface area (Å²) in [6, 6.07) is 14.0. The average Bonchev–Trinajstić information content (AvgIpc) is 2.65. The van der Waals surface area contributed by atoms with Gasteiger partial charge in [-0.15, -0.1) is 0 Å². The molecule has 5 nitrogen and oxygen atoms in total. The molecule has 156 valence electrons. The number of methoxy groups -OCH3 is 1. The highest BCUT2D eigenvalue weighted by Crippen LogP contribution is 2.18. The summed E-state index contributed by atoms with van der Waals surface area (Å²) in [5, 5.41) is 3.55. The SMILES string of the molecule is COc1ccc(CC(=O)N(Cc2cccc(Cl)c2)[C@@H](C)C(=O)NC(C)(C)C)cc1. The van der Waals surface area contributed by atoms with Crippen LogP contribution < -0.4 is 10.1 Å². The van der Waals surface area contributed by atoms with Gasteiger partial charge in [0.2, 0.25) is 11.8 Å². The van der Waals surface area contributed by atoms with Crippen molar-refractivity contribution >= 4 is 23.4 Å². The Kier molecular flexibility index (Phi) is 7.68. The number of carbonyl (C=O) groups is 2. The van der Waals surface area contributed by atoms with E-state index in [1.807, 2.05) is 63.2 Å². The first-order valence-electron chi connectivity index (χ1n) is 9.58. The van der Waals surface area contributed by atoms with Crippen molar-refractivity contribution < 1.29 is 14.3 Å². The highest BCUT2D eigenvalue weighted by atomic mass is 35.5. The molecule has 0 saturated heterocycles. The van der Waals surface area contributed by atoms with E-state index in [4.69, 9.17) is 16.3 Å². The minimum absolute atomic E-state index is 0.133. The van der Waals surface area contributed by atoms with Crippen molar-refractivity contribution in [2.75, 3.05) is 7.11 Å². The molecule has 0 saturated carbocycles. The lowest BCUT2D eigenvalue weighted by atomic mass is 10.1. The maximum Gasteiger partial charge on any atom is 0.242 e. The van der Waals surface area contributed by atoms with Gasteiger partial charge in [-0.25, -0.2) is 0 Å². The summed E-state index contributed by atoms with van der Waals surface area (Å²) in [5.41, 5.74) is 1.35. The summed E-state index contributed by atoms with van der Waals surface area (Å²) in [5.74, 6) is 0.407. The molecule has 0 bridgehead atoms. The van der Waals surface area contributed by atoms with Crippen LogP contribution in [0.15, 0.2) is 48.5 Å². The molecule has 2 aromatic rings. The third kappa shape index (κ3) is 7.09. The number of nitrogens with zero attached hydrogens (tertiary/aromatic N) is 1. The molecule has 0 spiro atoms. The lowest BCUT2D eigenvalue weighted by molar-refractivity contribution is -0.140. The zero-order chi connectivity index (χ0) is 21.6. The van der Waals surface area contributed by atoms with Gasteiger partial charge in [0.15, 0.2) is 0 Å². The normalized spacial score (nSPS) is 12.2. The van der Waals surface area contributed by atoms with Crippen molar-refractivity contribution in [2.45, 2.75) is 52.2 Å². The zero-order valence-electron chi connectivity index (χ0n) is 17.7. The fourth-order valence-electron chi connectivity index (χ4n) is 2.91. The minimum atomic E-state index is -0.626. The van der Waals surface area contributed by atoms with Crippen LogP contribution in [0.1, 0.15) is 38.8 Å². The molecule has 0 heterocycles. The van der Waals surface area contributed by atoms with Crippen LogP contribution in [0.4, 0.5) is 0 Å². The topological polar surface area (TPSA) is 58.6 Å². The van der Waals surface area contributed by atoms with Crippen molar-refractivity contribution in [3.05, 3.63) is 64.7 Å². The van der Waals surface area contributed by atoms with Crippen molar-refractivity contribution in [3.63, 3.8) is 0 Å². The molecule has 1 atom stereocenters. The molecule has 0 aliphatic heterocycles. The van der Waals surface area contributed by atoms with Gasteiger partial charge < -0.3 is 15.0 Å². The Hall–Kier alpha value is -2.53. The van der Waals surface area contributed by atoms with E-state index in [-0.39, 0.29) is 23.8 Å². The van der Waals surface area contributed by atoms with E-state index >= 15 is 0 Å². The standard InChI is InChI=1S/C23H29ClN2O3/c1-16(22(28)25-23(2,3)4)26(15-18-7-6-8-19(24)13-18)21(27)14-17-9-11-20(29-5)12-10-17/h6-13,16H,14-15H2,1-5H3,(H,25,28)/t16-/m0/s1. The van der Waals surface area contributed by atoms with Crippen molar-refractivity contribution in [1.82, 2.24) is 10.2 Å². The van der Waals surface area contributed by atoms with Crippen molar-refractivity contribution in [1.29, 1.82) is 0 Å². The molecule has 0 aliphatic rings. The summed E-state index contributed by atoms with van der Waals surface area (Å²) in [7, 11) is 1.60. The summed E-state index contributed by atoms with van der Waals surface area (Å²) < 4.78 is 5.17. The van der Waals surface area contributed by atoms with Gasteiger partial charge in [0, 0.05) is 17.1 Å². The second-order valence-corrected chi connectivity index (χ2v) is 8.53. The summed E-state index contributed by atoms with van der Waals surface area (Å²) in [6.07, 6.45) is 0.192. The molecule has 6 heteroatoms. The number of carbonyl (C=O) groups excluding carboxylic acids is 2. The first kappa shape index (κ1) is 22.8. The summed E-state index contributed by atoms with van der Waals surface area (Å²) in [6.45, 7) is 7.79. The quantitative estimate of drug-likeness (QED) is 0.735. The molecule has 2 rings (SSSR count). The van der Waals surface area contributed by atoms with Gasteiger partial charge in [-0.2, -0.15) is 0 Å². The van der Waals surface area contributed by atoms with Gasteiger partial charge in [-0.05, 0) is 63.1 Å². The van der Waals surface area contributed by atoms with E-state index in [1.54, 1.807) is 25.0 Å². The Morgan fingerprint density at radius 1 is 1.10 bits per heavy atom. The molecular weight excluding hydrogens is 388 g/mol. The molecule has 0 aromatic heterocycles. The number of hydrogen-bond donors (Lipinski definition) is 1. The predicted molar refractivity (Wildman–Crippen MR) is 116 cm³/mol. The smallest absolute Gasteiger partial charge is 0.242 e. The molecule has 1 N–H and O–H groups in total. The Morgan fingerprint density at radius 2 is 1.76 bits per heavy atom. The van der Waals surface area contributed by atoms with Gasteiger partial charge >= 0.3 is 0 Å². The largest absolute Gasteiger partial charge is 0.497 e. The van der Waals surface area contributed by atoms with Gasteiger partial charge in [0.25, 0.3) is 0 Å². The maximum atomic E-state index is 13.1. The van der Waals surface area contributed by atoms with E-state index < -0.39 is 6.04 Å².